The molecule has 0 spiro atoms. The highest BCUT2D eigenvalue weighted by Crippen LogP contribution is 2.21. The van der Waals surface area contributed by atoms with Gasteiger partial charge in [-0.2, -0.15) is 0 Å². The molecule has 0 aliphatic carbocycles. The van der Waals surface area contributed by atoms with Crippen molar-refractivity contribution in [1.82, 2.24) is 0 Å². The normalized spacial score (nSPS) is 17.2. The molecule has 0 rings (SSSR count). The fourth-order valence-corrected chi connectivity index (χ4v) is 3.06. The molecule has 162 valence electrons. The fourth-order valence-electron chi connectivity index (χ4n) is 3.00. The van der Waals surface area contributed by atoms with E-state index in [1.54, 1.807) is 20.8 Å². The second-order valence-electron chi connectivity index (χ2n) is 7.83. The third kappa shape index (κ3) is 9.69. The van der Waals surface area contributed by atoms with Crippen LogP contribution in [0, 0.1) is 17.8 Å². The number of esters is 2. The van der Waals surface area contributed by atoms with Crippen molar-refractivity contribution >= 4 is 29.3 Å². The van der Waals surface area contributed by atoms with E-state index < -0.39 is 23.5 Å². The van der Waals surface area contributed by atoms with Crippen LogP contribution in [0.15, 0.2) is 11.6 Å². The van der Waals surface area contributed by atoms with Gasteiger partial charge in [-0.05, 0) is 44.3 Å². The molecule has 0 aliphatic heterocycles. The van der Waals surface area contributed by atoms with Crippen LogP contribution in [0.5, 0.6) is 0 Å². The molecule has 0 fully saturated rings. The second kappa shape index (κ2) is 12.9. The highest BCUT2D eigenvalue weighted by Gasteiger charge is 2.31. The third-order valence-electron chi connectivity index (χ3n) is 4.51. The van der Waals surface area contributed by atoms with Crippen molar-refractivity contribution in [2.45, 2.75) is 66.4 Å². The van der Waals surface area contributed by atoms with Crippen molar-refractivity contribution in [3.63, 3.8) is 0 Å². The number of Topliss-reactive ketones (excluding diaryl/α,β-unsaturated/α-hetero) is 1. The molecule has 6 nitrogen and oxygen atoms in total. The van der Waals surface area contributed by atoms with Crippen molar-refractivity contribution in [1.29, 1.82) is 0 Å². The van der Waals surface area contributed by atoms with Gasteiger partial charge in [-0.3, -0.25) is 14.4 Å². The van der Waals surface area contributed by atoms with Gasteiger partial charge in [0.2, 0.25) is 0 Å². The number of halogens is 1. The van der Waals surface area contributed by atoms with E-state index in [2.05, 4.69) is 0 Å². The Bertz CT molecular complexity index is 559. The first-order valence-corrected chi connectivity index (χ1v) is 10.3. The zero-order valence-corrected chi connectivity index (χ0v) is 18.7. The number of ketones is 1. The summed E-state index contributed by atoms with van der Waals surface area (Å²) in [6.07, 6.45) is 3.66. The van der Waals surface area contributed by atoms with Gasteiger partial charge in [0.25, 0.3) is 0 Å². The third-order valence-corrected chi connectivity index (χ3v) is 4.73. The first-order valence-electron chi connectivity index (χ1n) is 9.78. The van der Waals surface area contributed by atoms with E-state index in [9.17, 15) is 14.4 Å². The lowest BCUT2D eigenvalue weighted by Crippen LogP contribution is -2.38. The van der Waals surface area contributed by atoms with Crippen LogP contribution in [0.2, 0.25) is 0 Å². The Hall–Kier alpha value is -1.40. The van der Waals surface area contributed by atoms with Gasteiger partial charge in [-0.1, -0.05) is 34.1 Å². The van der Waals surface area contributed by atoms with Crippen LogP contribution in [0.4, 0.5) is 0 Å². The Labute approximate surface area is 173 Å². The molecule has 1 unspecified atom stereocenters. The number of rotatable bonds is 13. The molecule has 0 radical (unpaired) electrons. The van der Waals surface area contributed by atoms with E-state index >= 15 is 0 Å². The molecule has 7 heteroatoms. The Balaban J connectivity index is 5.29. The topological polar surface area (TPSA) is 89.9 Å². The predicted octanol–water partition coefficient (Wildman–Crippen LogP) is 3.68. The maximum absolute atomic E-state index is 12.5. The number of aliphatic hydroxyl groups is 1. The van der Waals surface area contributed by atoms with Crippen LogP contribution in [0.3, 0.4) is 0 Å². The summed E-state index contributed by atoms with van der Waals surface area (Å²) in [4.78, 5) is 36.5. The van der Waals surface area contributed by atoms with Crippen LogP contribution >= 0.6 is 11.6 Å². The number of hydrogen-bond donors (Lipinski definition) is 1. The van der Waals surface area contributed by atoms with E-state index in [1.165, 1.54) is 6.08 Å². The maximum Gasteiger partial charge on any atom is 0.321 e. The molecular formula is C21H35ClO6. The van der Waals surface area contributed by atoms with Crippen molar-refractivity contribution in [3.8, 4) is 0 Å². The summed E-state index contributed by atoms with van der Waals surface area (Å²) in [5.41, 5.74) is -0.848. The average Bonchev–Trinajstić information content (AvgIpc) is 2.64. The molecule has 0 saturated heterocycles. The number of carbonyl (C=O) groups is 3. The molecular weight excluding hydrogens is 384 g/mol. The van der Waals surface area contributed by atoms with Crippen LogP contribution in [0.1, 0.15) is 60.8 Å². The monoisotopic (exact) mass is 418 g/mol. The minimum Gasteiger partial charge on any atom is -0.461 e. The van der Waals surface area contributed by atoms with Gasteiger partial charge in [-0.15, -0.1) is 11.6 Å². The van der Waals surface area contributed by atoms with Gasteiger partial charge >= 0.3 is 11.9 Å². The van der Waals surface area contributed by atoms with Crippen LogP contribution < -0.4 is 0 Å². The zero-order valence-electron chi connectivity index (χ0n) is 17.9. The Kier molecular flexibility index (Phi) is 12.3. The first kappa shape index (κ1) is 26.6. The number of ether oxygens (including phenoxy) is 2. The molecule has 0 aromatic carbocycles. The summed E-state index contributed by atoms with van der Waals surface area (Å²) in [6, 6.07) is 0. The number of carbonyl (C=O) groups excluding carboxylic acids is 3. The maximum atomic E-state index is 12.5. The van der Waals surface area contributed by atoms with Gasteiger partial charge in [0.1, 0.15) is 12.5 Å². The van der Waals surface area contributed by atoms with Crippen molar-refractivity contribution < 1.29 is 29.0 Å². The number of hydrogen-bond acceptors (Lipinski definition) is 6. The Morgan fingerprint density at radius 2 is 1.79 bits per heavy atom. The highest BCUT2D eigenvalue weighted by molar-refractivity contribution is 6.26. The fraction of sp³-hybridized carbons (Fsp3) is 0.762. The predicted molar refractivity (Wildman–Crippen MR) is 109 cm³/mol. The molecule has 1 N–H and O–H groups in total. The van der Waals surface area contributed by atoms with Crippen LogP contribution in [0.25, 0.3) is 0 Å². The molecule has 0 aromatic rings. The van der Waals surface area contributed by atoms with Crippen molar-refractivity contribution in [2.75, 3.05) is 19.1 Å². The summed E-state index contributed by atoms with van der Waals surface area (Å²) in [5, 5.41) is 9.12. The van der Waals surface area contributed by atoms with Gasteiger partial charge in [-0.25, -0.2) is 0 Å². The summed E-state index contributed by atoms with van der Waals surface area (Å²) < 4.78 is 10.7. The van der Waals surface area contributed by atoms with Crippen LogP contribution in [-0.2, 0) is 23.9 Å². The molecule has 0 heterocycles. The van der Waals surface area contributed by atoms with Gasteiger partial charge in [0, 0.05) is 12.5 Å². The Morgan fingerprint density at radius 3 is 2.29 bits per heavy atom. The molecule has 4 atom stereocenters. The second-order valence-corrected chi connectivity index (χ2v) is 8.10. The molecule has 0 bridgehead atoms. The number of alkyl halides is 1. The quantitative estimate of drug-likeness (QED) is 0.279. The van der Waals surface area contributed by atoms with Gasteiger partial charge in [0.05, 0.1) is 5.92 Å². The number of allylic oxidation sites excluding steroid dienone is 1. The van der Waals surface area contributed by atoms with E-state index in [0.717, 1.165) is 12.8 Å². The number of aliphatic hydroxyl groups excluding tert-OH is 1. The smallest absolute Gasteiger partial charge is 0.321 e. The average molecular weight is 419 g/mol. The lowest BCUT2D eigenvalue weighted by molar-refractivity contribution is -0.165. The van der Waals surface area contributed by atoms with Gasteiger partial charge < -0.3 is 14.6 Å². The molecule has 28 heavy (non-hydrogen) atoms. The lowest BCUT2D eigenvalue weighted by Gasteiger charge is -2.27. The molecule has 0 amide bonds. The van der Waals surface area contributed by atoms with Crippen molar-refractivity contribution in [3.05, 3.63) is 11.6 Å². The van der Waals surface area contributed by atoms with Crippen LogP contribution in [-0.4, -0.2) is 47.5 Å². The minimum atomic E-state index is -1.30. The molecule has 0 saturated carbocycles. The van der Waals surface area contributed by atoms with Gasteiger partial charge in [0.15, 0.2) is 11.4 Å². The van der Waals surface area contributed by atoms with E-state index in [4.69, 9.17) is 26.2 Å². The first-order chi connectivity index (χ1) is 13.0. The van der Waals surface area contributed by atoms with Crippen molar-refractivity contribution in [2.24, 2.45) is 17.8 Å². The van der Waals surface area contributed by atoms with E-state index in [-0.39, 0.29) is 36.7 Å². The summed E-state index contributed by atoms with van der Waals surface area (Å²) >= 11 is 5.54. The van der Waals surface area contributed by atoms with E-state index in [0.29, 0.717) is 12.0 Å². The summed E-state index contributed by atoms with van der Waals surface area (Å²) in [6.45, 7) is 10.4. The Morgan fingerprint density at radius 1 is 1.18 bits per heavy atom. The SMILES string of the molecule is CCC[C@@H](C)C(=O)/C(C)=C/[C@@](C)(COC(=O)C(C)C[C@H](C)CO)OC(=O)CCl. The minimum absolute atomic E-state index is 0.0113. The zero-order chi connectivity index (χ0) is 21.9. The summed E-state index contributed by atoms with van der Waals surface area (Å²) in [7, 11) is 0. The molecule has 0 aromatic heterocycles. The summed E-state index contributed by atoms with van der Waals surface area (Å²) in [5.74, 6) is -2.08. The highest BCUT2D eigenvalue weighted by atomic mass is 35.5. The largest absolute Gasteiger partial charge is 0.461 e. The molecule has 0 aliphatic rings. The van der Waals surface area contributed by atoms with E-state index in [1.807, 2.05) is 20.8 Å². The standard InChI is InChI=1S/C21H35ClO6/c1-7-8-15(3)19(25)17(5)10-21(6,28-18(24)11-22)13-27-20(26)16(4)9-14(2)12-23/h10,14-16,23H,7-9,11-13H2,1-6H3/b17-10+/t14-,15+,16?,21-/m0/s1. The lowest BCUT2D eigenvalue weighted by atomic mass is 9.93.